The number of carboxylic acids is 1. The third-order valence-corrected chi connectivity index (χ3v) is 2.72. The summed E-state index contributed by atoms with van der Waals surface area (Å²) in [6.45, 7) is 1.69. The molecule has 2 nitrogen and oxygen atoms in total. The lowest BCUT2D eigenvalue weighted by Crippen LogP contribution is -2.01. The van der Waals surface area contributed by atoms with E-state index >= 15 is 0 Å². The SMILES string of the molecule is CC(=CC1CCCCCC1)C(=O)O. The van der Waals surface area contributed by atoms with Gasteiger partial charge in [0.1, 0.15) is 0 Å². The number of carbonyl (C=O) groups is 1. The maximum Gasteiger partial charge on any atom is 0.330 e. The van der Waals surface area contributed by atoms with Crippen LogP contribution in [0.1, 0.15) is 45.4 Å². The molecule has 0 spiro atoms. The molecule has 0 heterocycles. The van der Waals surface area contributed by atoms with Gasteiger partial charge in [0.25, 0.3) is 0 Å². The first-order valence-electron chi connectivity index (χ1n) is 5.12. The van der Waals surface area contributed by atoms with E-state index < -0.39 is 5.97 Å². The van der Waals surface area contributed by atoms with Gasteiger partial charge in [0.05, 0.1) is 0 Å². The van der Waals surface area contributed by atoms with Crippen LogP contribution in [0.2, 0.25) is 0 Å². The van der Waals surface area contributed by atoms with Crippen LogP contribution in [-0.2, 0) is 4.79 Å². The van der Waals surface area contributed by atoms with Crippen molar-refractivity contribution in [3.05, 3.63) is 11.6 Å². The zero-order valence-corrected chi connectivity index (χ0v) is 8.25. The van der Waals surface area contributed by atoms with E-state index in [0.717, 1.165) is 0 Å². The molecule has 0 radical (unpaired) electrons. The Kier molecular flexibility index (Phi) is 4.00. The second kappa shape index (κ2) is 5.05. The molecule has 1 rings (SSSR count). The van der Waals surface area contributed by atoms with Crippen molar-refractivity contribution in [3.8, 4) is 0 Å². The molecule has 1 aliphatic carbocycles. The minimum atomic E-state index is -0.774. The molecule has 13 heavy (non-hydrogen) atoms. The standard InChI is InChI=1S/C11H18O2/c1-9(11(12)13)8-10-6-4-2-3-5-7-10/h8,10H,2-7H2,1H3,(H,12,13). The Labute approximate surface area is 79.6 Å². The van der Waals surface area contributed by atoms with Crippen LogP contribution in [0.5, 0.6) is 0 Å². The first-order chi connectivity index (χ1) is 6.20. The third kappa shape index (κ3) is 3.62. The Morgan fingerprint density at radius 2 is 1.77 bits per heavy atom. The Morgan fingerprint density at radius 1 is 1.23 bits per heavy atom. The largest absolute Gasteiger partial charge is 0.478 e. The molecule has 2 heteroatoms. The van der Waals surface area contributed by atoms with E-state index in [-0.39, 0.29) is 0 Å². The predicted molar refractivity (Wildman–Crippen MR) is 52.6 cm³/mol. The highest BCUT2D eigenvalue weighted by Crippen LogP contribution is 2.24. The molecule has 0 atom stereocenters. The Balaban J connectivity index is 2.50. The summed E-state index contributed by atoms with van der Waals surface area (Å²) in [5, 5.41) is 8.71. The fraction of sp³-hybridized carbons (Fsp3) is 0.727. The molecule has 0 bridgehead atoms. The highest BCUT2D eigenvalue weighted by molar-refractivity contribution is 5.85. The molecule has 1 fully saturated rings. The summed E-state index contributed by atoms with van der Waals surface area (Å²) in [5.74, 6) is -0.261. The van der Waals surface area contributed by atoms with Gasteiger partial charge < -0.3 is 5.11 Å². The Hall–Kier alpha value is -0.790. The van der Waals surface area contributed by atoms with Gasteiger partial charge in [-0.15, -0.1) is 0 Å². The summed E-state index contributed by atoms with van der Waals surface area (Å²) in [6.07, 6.45) is 9.43. The topological polar surface area (TPSA) is 37.3 Å². The number of hydrogen-bond donors (Lipinski definition) is 1. The highest BCUT2D eigenvalue weighted by Gasteiger charge is 2.11. The van der Waals surface area contributed by atoms with Crippen molar-refractivity contribution < 1.29 is 9.90 Å². The molecular weight excluding hydrogens is 164 g/mol. The average Bonchev–Trinajstić information content (AvgIpc) is 2.32. The summed E-state index contributed by atoms with van der Waals surface area (Å²) in [6, 6.07) is 0. The van der Waals surface area contributed by atoms with Gasteiger partial charge in [0, 0.05) is 5.57 Å². The van der Waals surface area contributed by atoms with Gasteiger partial charge in [-0.2, -0.15) is 0 Å². The Morgan fingerprint density at radius 3 is 2.23 bits per heavy atom. The molecule has 74 valence electrons. The van der Waals surface area contributed by atoms with Crippen molar-refractivity contribution in [2.24, 2.45) is 5.92 Å². The van der Waals surface area contributed by atoms with Gasteiger partial charge in [-0.05, 0) is 25.7 Å². The molecule has 0 unspecified atom stereocenters. The maximum absolute atomic E-state index is 10.6. The van der Waals surface area contributed by atoms with Crippen LogP contribution < -0.4 is 0 Å². The van der Waals surface area contributed by atoms with E-state index in [0.29, 0.717) is 11.5 Å². The first-order valence-corrected chi connectivity index (χ1v) is 5.12. The zero-order chi connectivity index (χ0) is 9.68. The average molecular weight is 182 g/mol. The van der Waals surface area contributed by atoms with E-state index in [1.807, 2.05) is 6.08 Å². The Bertz CT molecular complexity index is 198. The second-order valence-corrected chi connectivity index (χ2v) is 3.91. The van der Waals surface area contributed by atoms with Crippen LogP contribution in [0.3, 0.4) is 0 Å². The molecule has 0 aromatic rings. The van der Waals surface area contributed by atoms with Crippen molar-refractivity contribution in [1.29, 1.82) is 0 Å². The van der Waals surface area contributed by atoms with E-state index in [1.165, 1.54) is 38.5 Å². The minimum absolute atomic E-state index is 0.506. The van der Waals surface area contributed by atoms with Crippen LogP contribution >= 0.6 is 0 Å². The molecular formula is C11H18O2. The molecule has 1 N–H and O–H groups in total. The molecule has 1 aliphatic rings. The lowest BCUT2D eigenvalue weighted by molar-refractivity contribution is -0.132. The summed E-state index contributed by atoms with van der Waals surface area (Å²) >= 11 is 0. The maximum atomic E-state index is 10.6. The number of hydrogen-bond acceptors (Lipinski definition) is 1. The van der Waals surface area contributed by atoms with E-state index in [4.69, 9.17) is 5.11 Å². The molecule has 0 aromatic carbocycles. The van der Waals surface area contributed by atoms with Crippen LogP contribution in [0, 0.1) is 5.92 Å². The van der Waals surface area contributed by atoms with Gasteiger partial charge in [-0.25, -0.2) is 4.79 Å². The highest BCUT2D eigenvalue weighted by atomic mass is 16.4. The van der Waals surface area contributed by atoms with Crippen molar-refractivity contribution >= 4 is 5.97 Å². The van der Waals surface area contributed by atoms with E-state index in [2.05, 4.69) is 0 Å². The van der Waals surface area contributed by atoms with Crippen molar-refractivity contribution in [3.63, 3.8) is 0 Å². The number of aliphatic carboxylic acids is 1. The van der Waals surface area contributed by atoms with Gasteiger partial charge in [-0.3, -0.25) is 0 Å². The van der Waals surface area contributed by atoms with Crippen molar-refractivity contribution in [2.75, 3.05) is 0 Å². The number of allylic oxidation sites excluding steroid dienone is 1. The van der Waals surface area contributed by atoms with Crippen LogP contribution in [0.4, 0.5) is 0 Å². The van der Waals surface area contributed by atoms with E-state index in [1.54, 1.807) is 6.92 Å². The summed E-state index contributed by atoms with van der Waals surface area (Å²) in [7, 11) is 0. The first kappa shape index (κ1) is 10.3. The van der Waals surface area contributed by atoms with Gasteiger partial charge in [0.15, 0.2) is 0 Å². The molecule has 0 amide bonds. The normalized spacial score (nSPS) is 21.2. The van der Waals surface area contributed by atoms with Crippen LogP contribution in [0.25, 0.3) is 0 Å². The zero-order valence-electron chi connectivity index (χ0n) is 8.25. The molecule has 0 aliphatic heterocycles. The number of rotatable bonds is 2. The lowest BCUT2D eigenvalue weighted by Gasteiger charge is -2.08. The van der Waals surface area contributed by atoms with Crippen molar-refractivity contribution in [2.45, 2.75) is 45.4 Å². The monoisotopic (exact) mass is 182 g/mol. The summed E-state index contributed by atoms with van der Waals surface area (Å²) < 4.78 is 0. The number of carboxylic acid groups (broad SMARTS) is 1. The minimum Gasteiger partial charge on any atom is -0.478 e. The van der Waals surface area contributed by atoms with Crippen LogP contribution in [-0.4, -0.2) is 11.1 Å². The smallest absolute Gasteiger partial charge is 0.330 e. The van der Waals surface area contributed by atoms with Gasteiger partial charge >= 0.3 is 5.97 Å². The molecule has 0 saturated heterocycles. The summed E-state index contributed by atoms with van der Waals surface area (Å²) in [4.78, 5) is 10.6. The van der Waals surface area contributed by atoms with E-state index in [9.17, 15) is 4.79 Å². The van der Waals surface area contributed by atoms with Gasteiger partial charge in [0.2, 0.25) is 0 Å². The molecule has 1 saturated carbocycles. The predicted octanol–water partition coefficient (Wildman–Crippen LogP) is 2.99. The molecule has 0 aromatic heterocycles. The fourth-order valence-corrected chi connectivity index (χ4v) is 1.90. The second-order valence-electron chi connectivity index (χ2n) is 3.91. The quantitative estimate of drug-likeness (QED) is 0.526. The third-order valence-electron chi connectivity index (χ3n) is 2.72. The summed E-state index contributed by atoms with van der Waals surface area (Å²) in [5.41, 5.74) is 0.506. The van der Waals surface area contributed by atoms with Crippen LogP contribution in [0.15, 0.2) is 11.6 Å². The van der Waals surface area contributed by atoms with Gasteiger partial charge in [-0.1, -0.05) is 31.8 Å². The van der Waals surface area contributed by atoms with Crippen molar-refractivity contribution in [1.82, 2.24) is 0 Å². The lowest BCUT2D eigenvalue weighted by atomic mass is 9.98. The fourth-order valence-electron chi connectivity index (χ4n) is 1.90.